The van der Waals surface area contributed by atoms with E-state index in [1.165, 1.54) is 0 Å². The molecule has 0 unspecified atom stereocenters. The van der Waals surface area contributed by atoms with Crippen LogP contribution in [0.3, 0.4) is 0 Å². The van der Waals surface area contributed by atoms with Crippen molar-refractivity contribution >= 4 is 29.2 Å². The molecule has 0 saturated carbocycles. The summed E-state index contributed by atoms with van der Waals surface area (Å²) in [7, 11) is 2.09. The third kappa shape index (κ3) is 5.17. The average molecular weight is 513 g/mol. The largest absolute Gasteiger partial charge is 0.396 e. The van der Waals surface area contributed by atoms with Crippen LogP contribution in [-0.2, 0) is 22.4 Å². The van der Waals surface area contributed by atoms with E-state index < -0.39 is 0 Å². The van der Waals surface area contributed by atoms with Gasteiger partial charge in [-0.05, 0) is 73.7 Å². The van der Waals surface area contributed by atoms with Crippen LogP contribution in [0.25, 0.3) is 22.8 Å². The van der Waals surface area contributed by atoms with Gasteiger partial charge in [-0.3, -0.25) is 9.59 Å². The van der Waals surface area contributed by atoms with E-state index in [9.17, 15) is 14.7 Å². The number of aryl methyl sites for hydroxylation is 1. The highest BCUT2D eigenvalue weighted by Gasteiger charge is 2.28. The number of hydrogen-bond donors (Lipinski definition) is 3. The number of aromatic amines is 1. The Morgan fingerprint density at radius 3 is 2.58 bits per heavy atom. The SMILES string of the molecule is Cc1[nH]c(C=C2C(=O)Nc3cccc(-c4cccc(CCO)c4)c32)c(C)c1CCC(=O)N1CCN(C)CC1. The molecule has 0 aliphatic carbocycles. The highest BCUT2D eigenvalue weighted by Crippen LogP contribution is 2.41. The molecular formula is C31H36N4O3. The van der Waals surface area contributed by atoms with E-state index in [1.54, 1.807) is 0 Å². The molecule has 3 N–H and O–H groups in total. The molecule has 0 radical (unpaired) electrons. The summed E-state index contributed by atoms with van der Waals surface area (Å²) < 4.78 is 0. The number of carbonyl (C=O) groups is 2. The Morgan fingerprint density at radius 2 is 1.82 bits per heavy atom. The molecule has 38 heavy (non-hydrogen) atoms. The summed E-state index contributed by atoms with van der Waals surface area (Å²) in [5.74, 6) is 0.0765. The summed E-state index contributed by atoms with van der Waals surface area (Å²) in [5.41, 5.74) is 9.48. The van der Waals surface area contributed by atoms with E-state index in [1.807, 2.05) is 54.3 Å². The summed E-state index contributed by atoms with van der Waals surface area (Å²) in [6, 6.07) is 14.0. The number of fused-ring (bicyclic) bond motifs is 1. The molecule has 2 aliphatic heterocycles. The lowest BCUT2D eigenvalue weighted by Crippen LogP contribution is -2.47. The molecule has 0 spiro atoms. The van der Waals surface area contributed by atoms with Gasteiger partial charge in [0, 0.05) is 61.8 Å². The number of hydrogen-bond acceptors (Lipinski definition) is 4. The normalized spacial score (nSPS) is 16.7. The Morgan fingerprint density at radius 1 is 1.05 bits per heavy atom. The molecule has 7 nitrogen and oxygen atoms in total. The van der Waals surface area contributed by atoms with Crippen molar-refractivity contribution in [3.63, 3.8) is 0 Å². The second kappa shape index (κ2) is 11.0. The van der Waals surface area contributed by atoms with Gasteiger partial charge in [-0.1, -0.05) is 36.4 Å². The number of carbonyl (C=O) groups excluding carboxylic acids is 2. The van der Waals surface area contributed by atoms with E-state index in [0.717, 1.165) is 76.6 Å². The lowest BCUT2D eigenvalue weighted by Gasteiger charge is -2.32. The monoisotopic (exact) mass is 512 g/mol. The molecule has 1 fully saturated rings. The van der Waals surface area contributed by atoms with Gasteiger partial charge in [0.25, 0.3) is 5.91 Å². The van der Waals surface area contributed by atoms with Gasteiger partial charge in [-0.25, -0.2) is 0 Å². The summed E-state index contributed by atoms with van der Waals surface area (Å²) in [4.78, 5) is 33.6. The zero-order valence-electron chi connectivity index (χ0n) is 22.4. The number of piperazine rings is 1. The molecule has 3 aromatic rings. The van der Waals surface area contributed by atoms with E-state index in [0.29, 0.717) is 24.8 Å². The number of nitrogens with one attached hydrogen (secondary N) is 2. The van der Waals surface area contributed by atoms with Crippen molar-refractivity contribution in [2.75, 3.05) is 45.2 Å². The summed E-state index contributed by atoms with van der Waals surface area (Å²) in [6.07, 6.45) is 3.69. The molecule has 1 saturated heterocycles. The Bertz CT molecular complexity index is 1400. The van der Waals surface area contributed by atoms with Crippen LogP contribution in [0, 0.1) is 13.8 Å². The van der Waals surface area contributed by atoms with Gasteiger partial charge < -0.3 is 25.2 Å². The number of H-pyrrole nitrogens is 1. The van der Waals surface area contributed by atoms with Crippen molar-refractivity contribution in [3.05, 3.63) is 76.1 Å². The average Bonchev–Trinajstić information content (AvgIpc) is 3.37. The van der Waals surface area contributed by atoms with Crippen LogP contribution in [0.15, 0.2) is 42.5 Å². The van der Waals surface area contributed by atoms with Crippen molar-refractivity contribution < 1.29 is 14.7 Å². The van der Waals surface area contributed by atoms with Crippen LogP contribution in [0.1, 0.15) is 40.1 Å². The molecule has 198 valence electrons. The number of benzene rings is 2. The first kappa shape index (κ1) is 25.9. The Balaban J connectivity index is 1.43. The maximum atomic E-state index is 13.1. The fourth-order valence-corrected chi connectivity index (χ4v) is 5.58. The summed E-state index contributed by atoms with van der Waals surface area (Å²) in [6.45, 7) is 7.60. The van der Waals surface area contributed by atoms with Crippen LogP contribution in [0.2, 0.25) is 0 Å². The van der Waals surface area contributed by atoms with E-state index in [2.05, 4.69) is 35.2 Å². The van der Waals surface area contributed by atoms with Crippen molar-refractivity contribution in [3.8, 4) is 11.1 Å². The number of rotatable bonds is 7. The quantitative estimate of drug-likeness (QED) is 0.417. The van der Waals surface area contributed by atoms with Gasteiger partial charge in [0.15, 0.2) is 0 Å². The minimum atomic E-state index is -0.127. The smallest absolute Gasteiger partial charge is 0.256 e. The van der Waals surface area contributed by atoms with Gasteiger partial charge in [-0.2, -0.15) is 0 Å². The topological polar surface area (TPSA) is 88.7 Å². The minimum absolute atomic E-state index is 0.0936. The first-order valence-corrected chi connectivity index (χ1v) is 13.4. The maximum absolute atomic E-state index is 13.1. The van der Waals surface area contributed by atoms with Crippen LogP contribution in [0.4, 0.5) is 5.69 Å². The fourth-order valence-electron chi connectivity index (χ4n) is 5.58. The minimum Gasteiger partial charge on any atom is -0.396 e. The van der Waals surface area contributed by atoms with Crippen molar-refractivity contribution in [2.45, 2.75) is 33.1 Å². The van der Waals surface area contributed by atoms with Gasteiger partial charge in [-0.15, -0.1) is 0 Å². The van der Waals surface area contributed by atoms with Gasteiger partial charge >= 0.3 is 0 Å². The maximum Gasteiger partial charge on any atom is 0.256 e. The summed E-state index contributed by atoms with van der Waals surface area (Å²) >= 11 is 0. The van der Waals surface area contributed by atoms with Crippen LogP contribution >= 0.6 is 0 Å². The second-order valence-electron chi connectivity index (χ2n) is 10.4. The number of amides is 2. The van der Waals surface area contributed by atoms with Crippen LogP contribution in [0.5, 0.6) is 0 Å². The predicted octanol–water partition coefficient (Wildman–Crippen LogP) is 4.03. The number of aromatic nitrogens is 1. The molecule has 2 aromatic carbocycles. The standard InChI is InChI=1S/C31H36N4O3/c1-20-24(10-11-29(37)35-15-13-34(3)14-16-35)21(2)32-28(20)19-26-30-25(8-5-9-27(30)33-31(26)38)23-7-4-6-22(18-23)12-17-36/h4-9,18-19,32,36H,10-17H2,1-3H3,(H,33,38). The van der Waals surface area contributed by atoms with Gasteiger partial charge in [0.2, 0.25) is 5.91 Å². The Hall–Kier alpha value is -3.68. The number of nitrogens with zero attached hydrogens (tertiary/aromatic N) is 2. The van der Waals surface area contributed by atoms with E-state index in [-0.39, 0.29) is 18.4 Å². The lowest BCUT2D eigenvalue weighted by molar-refractivity contribution is -0.132. The zero-order chi connectivity index (χ0) is 26.8. The Labute approximate surface area is 224 Å². The molecule has 2 amide bonds. The molecule has 1 aromatic heterocycles. The third-order valence-electron chi connectivity index (χ3n) is 7.83. The highest BCUT2D eigenvalue weighted by atomic mass is 16.3. The van der Waals surface area contributed by atoms with Crippen molar-refractivity contribution in [1.82, 2.24) is 14.8 Å². The molecular weight excluding hydrogens is 476 g/mol. The van der Waals surface area contributed by atoms with Crippen molar-refractivity contribution in [1.29, 1.82) is 0 Å². The van der Waals surface area contributed by atoms with Gasteiger partial charge in [0.05, 0.1) is 5.57 Å². The van der Waals surface area contributed by atoms with Crippen LogP contribution in [-0.4, -0.2) is 71.5 Å². The molecule has 2 aliphatic rings. The fraction of sp³-hybridized carbons (Fsp3) is 0.355. The number of aliphatic hydroxyl groups is 1. The molecule has 5 rings (SSSR count). The van der Waals surface area contributed by atoms with Gasteiger partial charge in [0.1, 0.15) is 0 Å². The first-order chi connectivity index (χ1) is 18.4. The van der Waals surface area contributed by atoms with E-state index in [4.69, 9.17) is 0 Å². The molecule has 0 atom stereocenters. The Kier molecular flexibility index (Phi) is 7.49. The number of anilines is 1. The predicted molar refractivity (Wildman–Crippen MR) is 152 cm³/mol. The number of aliphatic hydroxyl groups excluding tert-OH is 1. The zero-order valence-corrected chi connectivity index (χ0v) is 22.4. The van der Waals surface area contributed by atoms with Crippen LogP contribution < -0.4 is 5.32 Å². The first-order valence-electron chi connectivity index (χ1n) is 13.4. The molecule has 0 bridgehead atoms. The van der Waals surface area contributed by atoms with Crippen molar-refractivity contribution in [2.24, 2.45) is 0 Å². The highest BCUT2D eigenvalue weighted by molar-refractivity contribution is 6.36. The van der Waals surface area contributed by atoms with E-state index >= 15 is 0 Å². The number of likely N-dealkylation sites (N-methyl/N-ethyl adjacent to an activating group) is 1. The summed E-state index contributed by atoms with van der Waals surface area (Å²) in [5, 5.41) is 12.4. The molecule has 3 heterocycles. The lowest BCUT2D eigenvalue weighted by atomic mass is 9.93. The second-order valence-corrected chi connectivity index (χ2v) is 10.4. The third-order valence-corrected chi connectivity index (χ3v) is 7.83. The molecule has 7 heteroatoms.